The van der Waals surface area contributed by atoms with Crippen LogP contribution in [-0.2, 0) is 4.79 Å². The summed E-state index contributed by atoms with van der Waals surface area (Å²) in [6.45, 7) is 5.40. The normalized spacial score (nSPS) is 17.1. The average Bonchev–Trinajstić information content (AvgIpc) is 2.45. The topological polar surface area (TPSA) is 52.7 Å². The number of nitrogens with zero attached hydrogens (tertiary/aromatic N) is 2. The molecule has 5 heteroatoms. The standard InChI is InChI=1S/C10H19N3O2/c1-8(2)13-7-9(14)12(10(13)15)6-4-5-11-3/h8,11H,4-7H2,1-3H3. The van der Waals surface area contributed by atoms with Gasteiger partial charge in [-0.1, -0.05) is 0 Å². The molecule has 5 nitrogen and oxygen atoms in total. The van der Waals surface area contributed by atoms with Crippen LogP contribution in [0.4, 0.5) is 4.79 Å². The third-order valence-corrected chi connectivity index (χ3v) is 2.52. The Morgan fingerprint density at radius 2 is 2.07 bits per heavy atom. The van der Waals surface area contributed by atoms with Crippen LogP contribution in [-0.4, -0.2) is 54.5 Å². The van der Waals surface area contributed by atoms with Crippen molar-refractivity contribution in [3.05, 3.63) is 0 Å². The Morgan fingerprint density at radius 3 is 2.53 bits per heavy atom. The minimum absolute atomic E-state index is 0.0789. The molecule has 1 aliphatic heterocycles. The Hall–Kier alpha value is -1.10. The van der Waals surface area contributed by atoms with Gasteiger partial charge in [-0.15, -0.1) is 0 Å². The lowest BCUT2D eigenvalue weighted by Gasteiger charge is -2.20. The highest BCUT2D eigenvalue weighted by Gasteiger charge is 2.36. The van der Waals surface area contributed by atoms with Crippen LogP contribution in [0.2, 0.25) is 0 Å². The molecule has 0 saturated carbocycles. The van der Waals surface area contributed by atoms with E-state index in [0.717, 1.165) is 13.0 Å². The number of carbonyl (C=O) groups is 2. The third-order valence-electron chi connectivity index (χ3n) is 2.52. The maximum Gasteiger partial charge on any atom is 0.327 e. The molecular weight excluding hydrogens is 194 g/mol. The number of amides is 3. The summed E-state index contributed by atoms with van der Waals surface area (Å²) in [5.41, 5.74) is 0. The molecule has 1 aliphatic rings. The van der Waals surface area contributed by atoms with Crippen molar-refractivity contribution in [2.45, 2.75) is 26.3 Å². The summed E-state index contributed by atoms with van der Waals surface area (Å²) in [4.78, 5) is 26.2. The minimum atomic E-state index is -0.147. The molecule has 1 saturated heterocycles. The molecule has 0 spiro atoms. The number of urea groups is 1. The van der Waals surface area contributed by atoms with Gasteiger partial charge in [-0.2, -0.15) is 0 Å². The molecule has 15 heavy (non-hydrogen) atoms. The summed E-state index contributed by atoms with van der Waals surface area (Å²) < 4.78 is 0. The fourth-order valence-electron chi connectivity index (χ4n) is 1.60. The van der Waals surface area contributed by atoms with Gasteiger partial charge >= 0.3 is 6.03 Å². The van der Waals surface area contributed by atoms with Crippen LogP contribution in [0.5, 0.6) is 0 Å². The second-order valence-electron chi connectivity index (χ2n) is 4.01. The number of hydrogen-bond donors (Lipinski definition) is 1. The molecule has 0 radical (unpaired) electrons. The van der Waals surface area contributed by atoms with Gasteiger partial charge in [0.15, 0.2) is 0 Å². The van der Waals surface area contributed by atoms with Crippen LogP contribution in [0.3, 0.4) is 0 Å². The molecule has 0 unspecified atom stereocenters. The highest BCUT2D eigenvalue weighted by Crippen LogP contribution is 2.13. The van der Waals surface area contributed by atoms with Gasteiger partial charge in [-0.25, -0.2) is 4.79 Å². The molecule has 0 bridgehead atoms. The van der Waals surface area contributed by atoms with Crippen LogP contribution >= 0.6 is 0 Å². The van der Waals surface area contributed by atoms with Crippen molar-refractivity contribution in [3.8, 4) is 0 Å². The zero-order valence-corrected chi connectivity index (χ0v) is 9.62. The van der Waals surface area contributed by atoms with Gasteiger partial charge in [-0.3, -0.25) is 9.69 Å². The number of carbonyl (C=O) groups excluding carboxylic acids is 2. The number of rotatable bonds is 5. The summed E-state index contributed by atoms with van der Waals surface area (Å²) in [6, 6.07) is -0.0538. The van der Waals surface area contributed by atoms with Gasteiger partial charge in [-0.05, 0) is 33.9 Å². The summed E-state index contributed by atoms with van der Waals surface area (Å²) in [5, 5.41) is 2.99. The molecule has 0 aromatic carbocycles. The van der Waals surface area contributed by atoms with Crippen LogP contribution in [0.25, 0.3) is 0 Å². The predicted octanol–water partition coefficient (Wildman–Crippen LogP) is 0.269. The average molecular weight is 213 g/mol. The van der Waals surface area contributed by atoms with Crippen LogP contribution in [0.1, 0.15) is 20.3 Å². The predicted molar refractivity (Wildman–Crippen MR) is 57.5 cm³/mol. The number of nitrogens with one attached hydrogen (secondary N) is 1. The summed E-state index contributed by atoms with van der Waals surface area (Å²) in [5.74, 6) is -0.0789. The maximum atomic E-state index is 11.8. The van der Waals surface area contributed by atoms with Crippen LogP contribution in [0, 0.1) is 0 Å². The SMILES string of the molecule is CNCCCN1C(=O)CN(C(C)C)C1=O. The molecule has 0 aromatic heterocycles. The Morgan fingerprint density at radius 1 is 1.40 bits per heavy atom. The Labute approximate surface area is 90.4 Å². The molecule has 1 fully saturated rings. The van der Waals surface area contributed by atoms with Crippen molar-refractivity contribution in [3.63, 3.8) is 0 Å². The van der Waals surface area contributed by atoms with Crippen molar-refractivity contribution in [1.29, 1.82) is 0 Å². The zero-order chi connectivity index (χ0) is 11.4. The molecule has 86 valence electrons. The highest BCUT2D eigenvalue weighted by molar-refractivity contribution is 6.02. The van der Waals surface area contributed by atoms with E-state index in [1.807, 2.05) is 20.9 Å². The van der Waals surface area contributed by atoms with E-state index in [0.29, 0.717) is 6.54 Å². The highest BCUT2D eigenvalue weighted by atomic mass is 16.2. The first-order chi connectivity index (χ1) is 7.07. The van der Waals surface area contributed by atoms with E-state index >= 15 is 0 Å². The van der Waals surface area contributed by atoms with Crippen molar-refractivity contribution in [1.82, 2.24) is 15.1 Å². The van der Waals surface area contributed by atoms with E-state index in [2.05, 4.69) is 5.32 Å². The quantitative estimate of drug-likeness (QED) is 0.527. The molecule has 1 N–H and O–H groups in total. The van der Waals surface area contributed by atoms with Crippen molar-refractivity contribution in [2.24, 2.45) is 0 Å². The first kappa shape index (κ1) is 12.0. The van der Waals surface area contributed by atoms with E-state index in [-0.39, 0.29) is 24.5 Å². The first-order valence-corrected chi connectivity index (χ1v) is 5.33. The number of hydrogen-bond acceptors (Lipinski definition) is 3. The largest absolute Gasteiger partial charge is 0.327 e. The second-order valence-corrected chi connectivity index (χ2v) is 4.01. The van der Waals surface area contributed by atoms with Crippen LogP contribution < -0.4 is 5.32 Å². The van der Waals surface area contributed by atoms with Gasteiger partial charge in [0.1, 0.15) is 6.54 Å². The van der Waals surface area contributed by atoms with Gasteiger partial charge in [0.05, 0.1) is 0 Å². The fourth-order valence-corrected chi connectivity index (χ4v) is 1.60. The van der Waals surface area contributed by atoms with E-state index in [9.17, 15) is 9.59 Å². The van der Waals surface area contributed by atoms with Gasteiger partial charge in [0.25, 0.3) is 0 Å². The molecule has 1 rings (SSSR count). The Bertz CT molecular complexity index is 253. The molecule has 1 heterocycles. The molecule has 3 amide bonds. The first-order valence-electron chi connectivity index (χ1n) is 5.33. The van der Waals surface area contributed by atoms with Gasteiger partial charge < -0.3 is 10.2 Å². The maximum absolute atomic E-state index is 11.8. The van der Waals surface area contributed by atoms with Crippen molar-refractivity contribution < 1.29 is 9.59 Å². The van der Waals surface area contributed by atoms with E-state index in [4.69, 9.17) is 0 Å². The van der Waals surface area contributed by atoms with E-state index in [1.54, 1.807) is 4.90 Å². The van der Waals surface area contributed by atoms with Gasteiger partial charge in [0.2, 0.25) is 5.91 Å². The summed E-state index contributed by atoms with van der Waals surface area (Å²) in [7, 11) is 1.86. The molecule has 0 aromatic rings. The zero-order valence-electron chi connectivity index (χ0n) is 9.62. The summed E-state index contributed by atoms with van der Waals surface area (Å²) >= 11 is 0. The molecular formula is C10H19N3O2. The molecule has 0 atom stereocenters. The lowest BCUT2D eigenvalue weighted by atomic mass is 10.3. The van der Waals surface area contributed by atoms with Crippen LogP contribution in [0.15, 0.2) is 0 Å². The molecule has 0 aliphatic carbocycles. The fraction of sp³-hybridized carbons (Fsp3) is 0.800. The lowest BCUT2D eigenvalue weighted by Crippen LogP contribution is -2.37. The van der Waals surface area contributed by atoms with Crippen molar-refractivity contribution >= 4 is 11.9 Å². The lowest BCUT2D eigenvalue weighted by molar-refractivity contribution is -0.125. The monoisotopic (exact) mass is 213 g/mol. The number of imide groups is 1. The van der Waals surface area contributed by atoms with E-state index < -0.39 is 0 Å². The van der Waals surface area contributed by atoms with Gasteiger partial charge in [0, 0.05) is 12.6 Å². The van der Waals surface area contributed by atoms with E-state index in [1.165, 1.54) is 4.90 Å². The third kappa shape index (κ3) is 2.68. The summed E-state index contributed by atoms with van der Waals surface area (Å²) in [6.07, 6.45) is 0.805. The Balaban J connectivity index is 2.51. The Kier molecular flexibility index (Phi) is 4.08. The smallest absolute Gasteiger partial charge is 0.320 e. The van der Waals surface area contributed by atoms with Crippen molar-refractivity contribution in [2.75, 3.05) is 26.7 Å². The minimum Gasteiger partial charge on any atom is -0.320 e. The second kappa shape index (κ2) is 5.11.